The lowest BCUT2D eigenvalue weighted by Crippen LogP contribution is -2.33. The summed E-state index contributed by atoms with van der Waals surface area (Å²) in [5, 5.41) is 24.3. The molecular weight excluding hydrogens is 390 g/mol. The second-order valence-corrected chi connectivity index (χ2v) is 5.99. The number of hydrogen-bond acceptors (Lipinski definition) is 7. The van der Waals surface area contributed by atoms with Gasteiger partial charge in [-0.25, -0.2) is 14.8 Å². The van der Waals surface area contributed by atoms with Gasteiger partial charge in [0.05, 0.1) is 11.3 Å². The number of nitrogens with zero attached hydrogens (tertiary/aromatic N) is 5. The molecule has 0 bridgehead atoms. The van der Waals surface area contributed by atoms with Crippen LogP contribution in [0.2, 0.25) is 5.02 Å². The smallest absolute Gasteiger partial charge is 0.413 e. The Morgan fingerprint density at radius 2 is 2.07 bits per heavy atom. The summed E-state index contributed by atoms with van der Waals surface area (Å²) >= 11 is 5.84. The third kappa shape index (κ3) is 4.51. The minimum Gasteiger partial charge on any atom is -0.465 e. The predicted octanol–water partition coefficient (Wildman–Crippen LogP) is 3.23. The van der Waals surface area contributed by atoms with Gasteiger partial charge in [-0.15, -0.1) is 0 Å². The highest BCUT2D eigenvalue weighted by molar-refractivity contribution is 6.30. The topological polar surface area (TPSA) is 150 Å². The van der Waals surface area contributed by atoms with Gasteiger partial charge >= 0.3 is 11.8 Å². The van der Waals surface area contributed by atoms with E-state index in [0.29, 0.717) is 16.4 Å². The van der Waals surface area contributed by atoms with E-state index < -0.39 is 16.7 Å². The van der Waals surface area contributed by atoms with Crippen LogP contribution in [0, 0.1) is 10.1 Å². The number of carboxylic acid groups (broad SMARTS) is 1. The molecule has 11 nitrogen and oxygen atoms in total. The Hall–Kier alpha value is -3.73. The molecular formula is C16H14ClN7O4. The maximum absolute atomic E-state index is 11.7. The number of aromatic amines is 1. The fourth-order valence-electron chi connectivity index (χ4n) is 2.36. The van der Waals surface area contributed by atoms with Crippen molar-refractivity contribution in [2.45, 2.75) is 6.42 Å². The van der Waals surface area contributed by atoms with Crippen molar-refractivity contribution in [1.29, 1.82) is 0 Å². The lowest BCUT2D eigenvalue weighted by molar-refractivity contribution is -0.384. The van der Waals surface area contributed by atoms with Crippen LogP contribution in [0.25, 0.3) is 0 Å². The summed E-state index contributed by atoms with van der Waals surface area (Å²) in [5.41, 5.74) is 0.750. The van der Waals surface area contributed by atoms with E-state index in [4.69, 9.17) is 11.6 Å². The number of rotatable bonds is 7. The van der Waals surface area contributed by atoms with Gasteiger partial charge in [0.25, 0.3) is 0 Å². The zero-order valence-electron chi connectivity index (χ0n) is 14.2. The molecule has 1 aromatic carbocycles. The van der Waals surface area contributed by atoms with Gasteiger partial charge in [0.15, 0.2) is 0 Å². The van der Waals surface area contributed by atoms with E-state index in [0.717, 1.165) is 11.1 Å². The van der Waals surface area contributed by atoms with Gasteiger partial charge in [-0.2, -0.15) is 4.98 Å². The molecule has 3 aromatic rings. The molecule has 0 unspecified atom stereocenters. The van der Waals surface area contributed by atoms with Crippen LogP contribution >= 0.6 is 11.6 Å². The summed E-state index contributed by atoms with van der Waals surface area (Å²) in [5.74, 6) is -0.320. The first-order valence-corrected chi connectivity index (χ1v) is 8.33. The summed E-state index contributed by atoms with van der Waals surface area (Å²) in [4.78, 5) is 37.8. The molecule has 0 atom stereocenters. The zero-order valence-corrected chi connectivity index (χ0v) is 15.0. The van der Waals surface area contributed by atoms with Crippen molar-refractivity contribution in [2.75, 3.05) is 16.8 Å². The number of halogens is 1. The fourth-order valence-corrected chi connectivity index (χ4v) is 2.49. The van der Waals surface area contributed by atoms with Crippen molar-refractivity contribution in [3.63, 3.8) is 0 Å². The number of carbonyl (C=O) groups is 1. The summed E-state index contributed by atoms with van der Waals surface area (Å²) in [6, 6.07) is 6.62. The molecule has 0 saturated heterocycles. The van der Waals surface area contributed by atoms with Crippen molar-refractivity contribution >= 4 is 40.8 Å². The number of benzene rings is 1. The Kier molecular flexibility index (Phi) is 5.65. The van der Waals surface area contributed by atoms with Crippen LogP contribution < -0.4 is 10.2 Å². The molecule has 0 aliphatic heterocycles. The van der Waals surface area contributed by atoms with Crippen LogP contribution in [0.4, 0.5) is 27.9 Å². The van der Waals surface area contributed by atoms with Crippen LogP contribution in [0.15, 0.2) is 43.0 Å². The fraction of sp³-hybridized carbons (Fsp3) is 0.125. The Morgan fingerprint density at radius 1 is 1.32 bits per heavy atom. The first kappa shape index (κ1) is 19.0. The highest BCUT2D eigenvalue weighted by Gasteiger charge is 2.27. The Morgan fingerprint density at radius 3 is 2.68 bits per heavy atom. The largest absolute Gasteiger partial charge is 0.465 e. The number of aromatic nitrogens is 4. The first-order valence-electron chi connectivity index (χ1n) is 7.96. The molecule has 0 aliphatic rings. The van der Waals surface area contributed by atoms with Gasteiger partial charge in [0.2, 0.25) is 11.8 Å². The third-order valence-electron chi connectivity index (χ3n) is 3.69. The molecule has 0 saturated carbocycles. The average molecular weight is 404 g/mol. The molecule has 1 amide bonds. The van der Waals surface area contributed by atoms with Crippen LogP contribution in [-0.2, 0) is 6.42 Å². The van der Waals surface area contributed by atoms with Gasteiger partial charge in [-0.1, -0.05) is 11.6 Å². The minimum atomic E-state index is -1.38. The quantitative estimate of drug-likeness (QED) is 0.401. The second kappa shape index (κ2) is 8.31. The van der Waals surface area contributed by atoms with E-state index >= 15 is 0 Å². The molecule has 0 fully saturated rings. The first-order chi connectivity index (χ1) is 13.4. The van der Waals surface area contributed by atoms with Gasteiger partial charge in [0.1, 0.15) is 6.20 Å². The molecule has 12 heteroatoms. The maximum atomic E-state index is 11.7. The van der Waals surface area contributed by atoms with Crippen LogP contribution in [0.3, 0.4) is 0 Å². The van der Waals surface area contributed by atoms with E-state index in [1.807, 2.05) is 0 Å². The number of hydrogen-bond donors (Lipinski definition) is 3. The SMILES string of the molecule is O=C(O)N(CCc1cnc[nH]1)c1nc(Nc2ccc(Cl)cc2)ncc1[N+](=O)[O-]. The van der Waals surface area contributed by atoms with Crippen LogP contribution in [-0.4, -0.2) is 42.6 Å². The van der Waals surface area contributed by atoms with E-state index in [1.165, 1.54) is 6.33 Å². The van der Waals surface area contributed by atoms with Crippen LogP contribution in [0.5, 0.6) is 0 Å². The molecule has 28 heavy (non-hydrogen) atoms. The number of amides is 1. The molecule has 3 N–H and O–H groups in total. The summed E-state index contributed by atoms with van der Waals surface area (Å²) in [6.45, 7) is -0.0598. The molecule has 2 aromatic heterocycles. The second-order valence-electron chi connectivity index (χ2n) is 5.55. The highest BCUT2D eigenvalue weighted by atomic mass is 35.5. The van der Waals surface area contributed by atoms with Gasteiger partial charge < -0.3 is 15.4 Å². The number of nitro groups is 1. The number of H-pyrrole nitrogens is 1. The van der Waals surface area contributed by atoms with Gasteiger partial charge in [-0.3, -0.25) is 15.0 Å². The van der Waals surface area contributed by atoms with E-state index in [1.54, 1.807) is 30.5 Å². The Bertz CT molecular complexity index is 979. The standard InChI is InChI=1S/C16H14ClN7O4/c17-10-1-3-11(4-2-10)21-15-19-8-13(24(27)28)14(22-15)23(16(25)26)6-5-12-7-18-9-20-12/h1-4,7-9H,5-6H2,(H,18,20)(H,25,26)(H,19,21,22). The molecule has 0 aliphatic carbocycles. The normalized spacial score (nSPS) is 10.5. The van der Waals surface area contributed by atoms with Crippen LogP contribution in [0.1, 0.15) is 5.69 Å². The molecule has 2 heterocycles. The summed E-state index contributed by atoms with van der Waals surface area (Å²) in [7, 11) is 0. The lowest BCUT2D eigenvalue weighted by atomic mass is 10.3. The molecule has 0 radical (unpaired) electrons. The highest BCUT2D eigenvalue weighted by Crippen LogP contribution is 2.27. The van der Waals surface area contributed by atoms with Gasteiger partial charge in [-0.05, 0) is 24.3 Å². The Balaban J connectivity index is 1.91. The number of anilines is 3. The maximum Gasteiger partial charge on any atom is 0.413 e. The van der Waals surface area contributed by atoms with E-state index in [9.17, 15) is 20.0 Å². The zero-order chi connectivity index (χ0) is 20.1. The van der Waals surface area contributed by atoms with Crippen molar-refractivity contribution in [2.24, 2.45) is 0 Å². The third-order valence-corrected chi connectivity index (χ3v) is 3.95. The summed E-state index contributed by atoms with van der Waals surface area (Å²) < 4.78 is 0. The van der Waals surface area contributed by atoms with Gasteiger partial charge in [0, 0.05) is 35.6 Å². The number of nitrogens with one attached hydrogen (secondary N) is 2. The van der Waals surface area contributed by atoms with E-state index in [-0.39, 0.29) is 24.7 Å². The monoisotopic (exact) mass is 403 g/mol. The molecule has 3 rings (SSSR count). The predicted molar refractivity (Wildman–Crippen MR) is 101 cm³/mol. The number of imidazole rings is 1. The van der Waals surface area contributed by atoms with E-state index in [2.05, 4.69) is 25.3 Å². The van der Waals surface area contributed by atoms with Crippen molar-refractivity contribution in [1.82, 2.24) is 19.9 Å². The van der Waals surface area contributed by atoms with Crippen molar-refractivity contribution < 1.29 is 14.8 Å². The average Bonchev–Trinajstić information content (AvgIpc) is 3.17. The Labute approximate surface area is 163 Å². The van der Waals surface area contributed by atoms with Crippen molar-refractivity contribution in [3.8, 4) is 0 Å². The van der Waals surface area contributed by atoms with Crippen molar-refractivity contribution in [3.05, 3.63) is 63.8 Å². The molecule has 144 valence electrons. The lowest BCUT2D eigenvalue weighted by Gasteiger charge is -2.18. The molecule has 0 spiro atoms. The minimum absolute atomic E-state index is 0.00992. The summed E-state index contributed by atoms with van der Waals surface area (Å²) in [6.07, 6.45) is 2.86.